The monoisotopic (exact) mass is 237 g/mol. The summed E-state index contributed by atoms with van der Waals surface area (Å²) >= 11 is 0. The second kappa shape index (κ2) is 4.41. The highest BCUT2D eigenvalue weighted by Crippen LogP contribution is 2.21. The molecule has 0 saturated carbocycles. The molecule has 3 aromatic rings. The first-order valence-electron chi connectivity index (χ1n) is 5.63. The van der Waals surface area contributed by atoms with Gasteiger partial charge in [0.1, 0.15) is 17.7 Å². The van der Waals surface area contributed by atoms with Gasteiger partial charge >= 0.3 is 0 Å². The van der Waals surface area contributed by atoms with E-state index in [1.165, 1.54) is 0 Å². The summed E-state index contributed by atoms with van der Waals surface area (Å²) in [4.78, 5) is 12.9. The highest BCUT2D eigenvalue weighted by atomic mass is 16.3. The van der Waals surface area contributed by atoms with Crippen LogP contribution >= 0.6 is 0 Å². The predicted molar refractivity (Wildman–Crippen MR) is 67.7 cm³/mol. The van der Waals surface area contributed by atoms with Crippen molar-refractivity contribution in [3.8, 4) is 23.0 Å². The molecule has 4 heteroatoms. The fourth-order valence-corrected chi connectivity index (χ4v) is 1.62. The van der Waals surface area contributed by atoms with E-state index in [1.807, 2.05) is 37.3 Å². The van der Waals surface area contributed by atoms with E-state index in [9.17, 15) is 0 Å². The molecular weight excluding hydrogens is 226 g/mol. The molecule has 0 aliphatic carbocycles. The third-order valence-electron chi connectivity index (χ3n) is 2.56. The van der Waals surface area contributed by atoms with Crippen LogP contribution in [0.3, 0.4) is 0 Å². The number of oxazole rings is 1. The van der Waals surface area contributed by atoms with E-state index in [0.717, 1.165) is 17.0 Å². The van der Waals surface area contributed by atoms with E-state index >= 15 is 0 Å². The first-order chi connectivity index (χ1) is 8.83. The fourth-order valence-electron chi connectivity index (χ4n) is 1.62. The van der Waals surface area contributed by atoms with Crippen LogP contribution in [0.4, 0.5) is 0 Å². The summed E-state index contributed by atoms with van der Waals surface area (Å²) in [6.07, 6.45) is 5.12. The standard InChI is InChI=1S/C14H11N3O/c1-10-5-6-12(16-8-10)14-17-13(9-18-14)11-4-2-3-7-15-11/h2-9H,1H3. The van der Waals surface area contributed by atoms with E-state index < -0.39 is 0 Å². The first kappa shape index (κ1) is 10.7. The maximum Gasteiger partial charge on any atom is 0.245 e. The molecule has 0 atom stereocenters. The maximum atomic E-state index is 5.43. The number of nitrogens with zero attached hydrogens (tertiary/aromatic N) is 3. The zero-order chi connectivity index (χ0) is 12.4. The molecule has 4 nitrogen and oxygen atoms in total. The van der Waals surface area contributed by atoms with Gasteiger partial charge < -0.3 is 4.42 Å². The molecule has 0 aliphatic heterocycles. The molecule has 0 spiro atoms. The molecule has 0 fully saturated rings. The number of aromatic nitrogens is 3. The Morgan fingerprint density at radius 3 is 2.61 bits per heavy atom. The number of hydrogen-bond donors (Lipinski definition) is 0. The molecule has 0 bridgehead atoms. The van der Waals surface area contributed by atoms with Crippen molar-refractivity contribution >= 4 is 0 Å². The molecule has 18 heavy (non-hydrogen) atoms. The van der Waals surface area contributed by atoms with Gasteiger partial charge in [0.25, 0.3) is 0 Å². The van der Waals surface area contributed by atoms with Gasteiger partial charge in [0.15, 0.2) is 0 Å². The smallest absolute Gasteiger partial charge is 0.245 e. The summed E-state index contributed by atoms with van der Waals surface area (Å²) in [5.41, 5.74) is 3.34. The van der Waals surface area contributed by atoms with Gasteiger partial charge in [-0.15, -0.1) is 0 Å². The summed E-state index contributed by atoms with van der Waals surface area (Å²) in [6.45, 7) is 1.99. The van der Waals surface area contributed by atoms with Gasteiger partial charge in [-0.3, -0.25) is 9.97 Å². The Morgan fingerprint density at radius 1 is 0.944 bits per heavy atom. The van der Waals surface area contributed by atoms with Crippen LogP contribution in [0.1, 0.15) is 5.56 Å². The van der Waals surface area contributed by atoms with Crippen LogP contribution in [0.2, 0.25) is 0 Å². The molecule has 3 rings (SSSR count). The van der Waals surface area contributed by atoms with Crippen LogP contribution < -0.4 is 0 Å². The lowest BCUT2D eigenvalue weighted by atomic mass is 10.3. The molecule has 0 unspecified atom stereocenters. The van der Waals surface area contributed by atoms with Gasteiger partial charge in [-0.05, 0) is 30.7 Å². The highest BCUT2D eigenvalue weighted by molar-refractivity contribution is 5.57. The predicted octanol–water partition coefficient (Wildman–Crippen LogP) is 3.11. The molecule has 0 amide bonds. The fraction of sp³-hybridized carbons (Fsp3) is 0.0714. The Labute approximate surface area is 104 Å². The minimum atomic E-state index is 0.510. The Hall–Kier alpha value is -2.49. The number of rotatable bonds is 2. The lowest BCUT2D eigenvalue weighted by molar-refractivity contribution is 0.572. The minimum Gasteiger partial charge on any atom is -0.443 e. The topological polar surface area (TPSA) is 51.8 Å². The summed E-state index contributed by atoms with van der Waals surface area (Å²) < 4.78 is 5.43. The van der Waals surface area contributed by atoms with Crippen molar-refractivity contribution in [2.75, 3.05) is 0 Å². The van der Waals surface area contributed by atoms with Crippen LogP contribution in [0.25, 0.3) is 23.0 Å². The molecule has 0 N–H and O–H groups in total. The largest absolute Gasteiger partial charge is 0.443 e. The van der Waals surface area contributed by atoms with Gasteiger partial charge in [-0.1, -0.05) is 12.1 Å². The number of pyridine rings is 2. The minimum absolute atomic E-state index is 0.510. The van der Waals surface area contributed by atoms with Crippen molar-refractivity contribution in [1.82, 2.24) is 15.0 Å². The third kappa shape index (κ3) is 2.00. The Balaban J connectivity index is 1.97. The van der Waals surface area contributed by atoms with E-state index in [4.69, 9.17) is 4.42 Å². The van der Waals surface area contributed by atoms with Crippen molar-refractivity contribution in [3.05, 3.63) is 54.6 Å². The molecule has 0 saturated heterocycles. The molecule has 3 heterocycles. The van der Waals surface area contributed by atoms with Crippen LogP contribution in [0.5, 0.6) is 0 Å². The van der Waals surface area contributed by atoms with E-state index in [1.54, 1.807) is 18.7 Å². The SMILES string of the molecule is Cc1ccc(-c2nc(-c3ccccn3)co2)nc1. The third-order valence-corrected chi connectivity index (χ3v) is 2.56. The van der Waals surface area contributed by atoms with Crippen molar-refractivity contribution in [3.63, 3.8) is 0 Å². The maximum absolute atomic E-state index is 5.43. The van der Waals surface area contributed by atoms with E-state index in [0.29, 0.717) is 11.6 Å². The van der Waals surface area contributed by atoms with Crippen LogP contribution in [-0.2, 0) is 0 Å². The number of aryl methyl sites for hydroxylation is 1. The summed E-state index contributed by atoms with van der Waals surface area (Å²) in [5.74, 6) is 0.510. The van der Waals surface area contributed by atoms with Crippen LogP contribution in [-0.4, -0.2) is 15.0 Å². The molecule has 88 valence electrons. The molecule has 0 aromatic carbocycles. The Kier molecular flexibility index (Phi) is 2.61. The zero-order valence-electron chi connectivity index (χ0n) is 9.87. The lowest BCUT2D eigenvalue weighted by Crippen LogP contribution is -1.85. The van der Waals surface area contributed by atoms with Gasteiger partial charge in [0.05, 0.1) is 5.69 Å². The Bertz CT molecular complexity index is 644. The normalized spacial score (nSPS) is 10.5. The van der Waals surface area contributed by atoms with E-state index in [2.05, 4.69) is 15.0 Å². The number of hydrogen-bond acceptors (Lipinski definition) is 4. The van der Waals surface area contributed by atoms with Crippen molar-refractivity contribution in [2.24, 2.45) is 0 Å². The van der Waals surface area contributed by atoms with Gasteiger partial charge in [-0.2, -0.15) is 0 Å². The average Bonchev–Trinajstić information content (AvgIpc) is 2.90. The highest BCUT2D eigenvalue weighted by Gasteiger charge is 2.09. The summed E-state index contributed by atoms with van der Waals surface area (Å²) in [6, 6.07) is 9.55. The van der Waals surface area contributed by atoms with Crippen molar-refractivity contribution < 1.29 is 4.42 Å². The average molecular weight is 237 g/mol. The van der Waals surface area contributed by atoms with Gasteiger partial charge in [0.2, 0.25) is 5.89 Å². The van der Waals surface area contributed by atoms with Crippen LogP contribution in [0.15, 0.2) is 53.4 Å². The van der Waals surface area contributed by atoms with Crippen LogP contribution in [0, 0.1) is 6.92 Å². The lowest BCUT2D eigenvalue weighted by Gasteiger charge is -1.94. The Morgan fingerprint density at radius 2 is 1.89 bits per heavy atom. The van der Waals surface area contributed by atoms with E-state index in [-0.39, 0.29) is 0 Å². The molecule has 0 radical (unpaired) electrons. The summed E-state index contributed by atoms with van der Waals surface area (Å²) in [5, 5.41) is 0. The molecular formula is C14H11N3O. The van der Waals surface area contributed by atoms with Gasteiger partial charge in [0, 0.05) is 12.4 Å². The molecule has 0 aliphatic rings. The van der Waals surface area contributed by atoms with Gasteiger partial charge in [-0.25, -0.2) is 4.98 Å². The quantitative estimate of drug-likeness (QED) is 0.687. The first-order valence-corrected chi connectivity index (χ1v) is 5.63. The molecule has 3 aromatic heterocycles. The summed E-state index contributed by atoms with van der Waals surface area (Å²) in [7, 11) is 0. The second-order valence-corrected chi connectivity index (χ2v) is 3.97. The van der Waals surface area contributed by atoms with Crippen molar-refractivity contribution in [2.45, 2.75) is 6.92 Å². The van der Waals surface area contributed by atoms with Crippen molar-refractivity contribution in [1.29, 1.82) is 0 Å². The zero-order valence-corrected chi connectivity index (χ0v) is 9.87. The second-order valence-electron chi connectivity index (χ2n) is 3.97.